The van der Waals surface area contributed by atoms with Crippen LogP contribution in [0.15, 0.2) is 24.7 Å². The van der Waals surface area contributed by atoms with Gasteiger partial charge in [0.1, 0.15) is 0 Å². The summed E-state index contributed by atoms with van der Waals surface area (Å²) >= 11 is 0. The SMILES string of the molecule is CC(Oc1cc(-c2cnn(C3CCNCC3)c2)cnc1N)C1CCCCC1. The van der Waals surface area contributed by atoms with Crippen LogP contribution in [0.4, 0.5) is 5.82 Å². The molecule has 0 radical (unpaired) electrons. The summed E-state index contributed by atoms with van der Waals surface area (Å²) < 4.78 is 8.34. The number of nitrogens with zero attached hydrogens (tertiary/aromatic N) is 3. The Kier molecular flexibility index (Phi) is 5.62. The minimum Gasteiger partial charge on any atom is -0.487 e. The van der Waals surface area contributed by atoms with E-state index in [9.17, 15) is 0 Å². The second kappa shape index (κ2) is 8.30. The number of hydrogen-bond donors (Lipinski definition) is 2. The smallest absolute Gasteiger partial charge is 0.166 e. The van der Waals surface area contributed by atoms with Crippen molar-refractivity contribution in [3.8, 4) is 16.9 Å². The van der Waals surface area contributed by atoms with Crippen LogP contribution in [0.2, 0.25) is 0 Å². The van der Waals surface area contributed by atoms with Crippen molar-refractivity contribution in [2.75, 3.05) is 18.8 Å². The van der Waals surface area contributed by atoms with Crippen molar-refractivity contribution in [1.82, 2.24) is 20.1 Å². The van der Waals surface area contributed by atoms with E-state index in [1.807, 2.05) is 18.5 Å². The van der Waals surface area contributed by atoms with Crippen LogP contribution >= 0.6 is 0 Å². The van der Waals surface area contributed by atoms with Gasteiger partial charge < -0.3 is 15.8 Å². The quantitative estimate of drug-likeness (QED) is 0.838. The van der Waals surface area contributed by atoms with E-state index >= 15 is 0 Å². The lowest BCUT2D eigenvalue weighted by Crippen LogP contribution is -2.29. The summed E-state index contributed by atoms with van der Waals surface area (Å²) in [5.41, 5.74) is 8.18. The zero-order valence-electron chi connectivity index (χ0n) is 16.2. The van der Waals surface area contributed by atoms with Gasteiger partial charge in [-0.05, 0) is 57.7 Å². The third-order valence-corrected chi connectivity index (χ3v) is 6.13. The summed E-state index contributed by atoms with van der Waals surface area (Å²) in [6, 6.07) is 2.50. The molecule has 0 spiro atoms. The normalized spacial score (nSPS) is 20.5. The lowest BCUT2D eigenvalue weighted by atomic mass is 9.86. The molecule has 1 aliphatic carbocycles. The van der Waals surface area contributed by atoms with Gasteiger partial charge in [-0.25, -0.2) is 4.98 Å². The number of nitrogens with one attached hydrogen (secondary N) is 1. The Balaban J connectivity index is 1.49. The number of rotatable bonds is 5. The maximum Gasteiger partial charge on any atom is 0.166 e. The average Bonchev–Trinajstić information content (AvgIpc) is 3.21. The van der Waals surface area contributed by atoms with Crippen LogP contribution < -0.4 is 15.8 Å². The van der Waals surface area contributed by atoms with Gasteiger partial charge in [0.25, 0.3) is 0 Å². The van der Waals surface area contributed by atoms with Gasteiger partial charge in [0, 0.05) is 23.5 Å². The minimum absolute atomic E-state index is 0.169. The molecule has 1 saturated heterocycles. The Hall–Kier alpha value is -2.08. The summed E-state index contributed by atoms with van der Waals surface area (Å²) in [7, 11) is 0. The summed E-state index contributed by atoms with van der Waals surface area (Å²) in [6.07, 6.45) is 14.7. The zero-order valence-corrected chi connectivity index (χ0v) is 16.2. The van der Waals surface area contributed by atoms with E-state index in [-0.39, 0.29) is 6.10 Å². The molecule has 0 bridgehead atoms. The molecule has 146 valence electrons. The van der Waals surface area contributed by atoms with Crippen LogP contribution in [0.1, 0.15) is 57.9 Å². The number of pyridine rings is 1. The third-order valence-electron chi connectivity index (χ3n) is 6.13. The molecule has 2 aliphatic rings. The van der Waals surface area contributed by atoms with Gasteiger partial charge >= 0.3 is 0 Å². The molecule has 1 unspecified atom stereocenters. The topological polar surface area (TPSA) is 78.0 Å². The molecular weight excluding hydrogens is 338 g/mol. The molecule has 2 fully saturated rings. The number of nitrogens with two attached hydrogens (primary N) is 1. The highest BCUT2D eigenvalue weighted by molar-refractivity contribution is 5.65. The van der Waals surface area contributed by atoms with Gasteiger partial charge in [-0.1, -0.05) is 19.3 Å². The van der Waals surface area contributed by atoms with Crippen LogP contribution in [-0.2, 0) is 0 Å². The maximum absolute atomic E-state index is 6.25. The highest BCUT2D eigenvalue weighted by Crippen LogP contribution is 2.32. The first-order chi connectivity index (χ1) is 13.2. The van der Waals surface area contributed by atoms with Crippen LogP contribution in [0.5, 0.6) is 5.75 Å². The lowest BCUT2D eigenvalue weighted by Gasteiger charge is -2.28. The van der Waals surface area contributed by atoms with Gasteiger partial charge in [0.2, 0.25) is 0 Å². The van der Waals surface area contributed by atoms with Crippen molar-refractivity contribution in [1.29, 1.82) is 0 Å². The van der Waals surface area contributed by atoms with Crippen LogP contribution in [-0.4, -0.2) is 34.0 Å². The Morgan fingerprint density at radius 3 is 2.67 bits per heavy atom. The fourth-order valence-corrected chi connectivity index (χ4v) is 4.37. The second-order valence-electron chi connectivity index (χ2n) is 8.02. The molecular formula is C21H31N5O. The number of ether oxygens (including phenoxy) is 1. The molecule has 1 atom stereocenters. The van der Waals surface area contributed by atoms with Crippen molar-refractivity contribution >= 4 is 5.82 Å². The Morgan fingerprint density at radius 2 is 1.89 bits per heavy atom. The number of aromatic nitrogens is 3. The molecule has 3 heterocycles. The summed E-state index contributed by atoms with van der Waals surface area (Å²) in [5.74, 6) is 1.77. The zero-order chi connectivity index (χ0) is 18.6. The third kappa shape index (κ3) is 4.26. The first kappa shape index (κ1) is 18.3. The molecule has 3 N–H and O–H groups in total. The van der Waals surface area contributed by atoms with Crippen LogP contribution in [0, 0.1) is 5.92 Å². The number of anilines is 1. The predicted molar refractivity (Wildman–Crippen MR) is 108 cm³/mol. The maximum atomic E-state index is 6.25. The van der Waals surface area contributed by atoms with Crippen molar-refractivity contribution in [2.45, 2.75) is 64.0 Å². The van der Waals surface area contributed by atoms with Crippen molar-refractivity contribution < 1.29 is 4.74 Å². The van der Waals surface area contributed by atoms with Gasteiger partial charge in [0.15, 0.2) is 11.6 Å². The first-order valence-corrected chi connectivity index (χ1v) is 10.4. The van der Waals surface area contributed by atoms with E-state index in [2.05, 4.69) is 33.2 Å². The molecule has 4 rings (SSSR count). The predicted octanol–water partition coefficient (Wildman–Crippen LogP) is 3.80. The standard InChI is InChI=1S/C21H31N5O/c1-15(16-5-3-2-4-6-16)27-20-11-17(12-24-21(20)22)18-13-25-26(14-18)19-7-9-23-10-8-19/h11-16,19,23H,2-10H2,1H3,(H2,22,24). The van der Waals surface area contributed by atoms with Crippen molar-refractivity contribution in [3.05, 3.63) is 24.7 Å². The molecule has 0 amide bonds. The Labute approximate surface area is 161 Å². The first-order valence-electron chi connectivity index (χ1n) is 10.4. The van der Waals surface area contributed by atoms with E-state index in [1.165, 1.54) is 32.1 Å². The summed E-state index contributed by atoms with van der Waals surface area (Å²) in [5, 5.41) is 7.99. The van der Waals surface area contributed by atoms with E-state index < -0.39 is 0 Å². The van der Waals surface area contributed by atoms with Gasteiger partial charge in [-0.3, -0.25) is 4.68 Å². The van der Waals surface area contributed by atoms with Crippen LogP contribution in [0.25, 0.3) is 11.1 Å². The van der Waals surface area contributed by atoms with Gasteiger partial charge in [0.05, 0.1) is 18.3 Å². The van der Waals surface area contributed by atoms with Gasteiger partial charge in [-0.15, -0.1) is 0 Å². The Morgan fingerprint density at radius 1 is 1.11 bits per heavy atom. The molecule has 6 heteroatoms. The molecule has 0 aromatic carbocycles. The fraction of sp³-hybridized carbons (Fsp3) is 0.619. The highest BCUT2D eigenvalue weighted by atomic mass is 16.5. The monoisotopic (exact) mass is 369 g/mol. The van der Waals surface area contributed by atoms with Crippen molar-refractivity contribution in [3.63, 3.8) is 0 Å². The number of piperidine rings is 1. The molecule has 2 aromatic rings. The number of hydrogen-bond acceptors (Lipinski definition) is 5. The average molecular weight is 370 g/mol. The van der Waals surface area contributed by atoms with E-state index in [4.69, 9.17) is 10.5 Å². The van der Waals surface area contributed by atoms with E-state index in [1.54, 1.807) is 0 Å². The van der Waals surface area contributed by atoms with Crippen molar-refractivity contribution in [2.24, 2.45) is 5.92 Å². The molecule has 6 nitrogen and oxygen atoms in total. The lowest BCUT2D eigenvalue weighted by molar-refractivity contribution is 0.124. The van der Waals surface area contributed by atoms with Crippen LogP contribution in [0.3, 0.4) is 0 Å². The highest BCUT2D eigenvalue weighted by Gasteiger charge is 2.23. The fourth-order valence-electron chi connectivity index (χ4n) is 4.37. The molecule has 27 heavy (non-hydrogen) atoms. The molecule has 1 saturated carbocycles. The molecule has 1 aliphatic heterocycles. The number of nitrogen functional groups attached to an aromatic ring is 1. The largest absolute Gasteiger partial charge is 0.487 e. The second-order valence-corrected chi connectivity index (χ2v) is 8.02. The molecule has 2 aromatic heterocycles. The van der Waals surface area contributed by atoms with E-state index in [0.717, 1.165) is 37.1 Å². The summed E-state index contributed by atoms with van der Waals surface area (Å²) in [4.78, 5) is 4.38. The minimum atomic E-state index is 0.169. The van der Waals surface area contributed by atoms with E-state index in [0.29, 0.717) is 23.5 Å². The Bertz CT molecular complexity index is 747. The summed E-state index contributed by atoms with van der Waals surface area (Å²) in [6.45, 7) is 4.28. The van der Waals surface area contributed by atoms with Gasteiger partial charge in [-0.2, -0.15) is 5.10 Å².